The zero-order valence-corrected chi connectivity index (χ0v) is 15.0. The van der Waals surface area contributed by atoms with Crippen LogP contribution in [0.5, 0.6) is 17.2 Å². The number of para-hydroxylation sites is 1. The Hall–Kier alpha value is -2.69. The van der Waals surface area contributed by atoms with Crippen LogP contribution in [0.15, 0.2) is 42.5 Å². The predicted octanol–water partition coefficient (Wildman–Crippen LogP) is 3.48. The summed E-state index contributed by atoms with van der Waals surface area (Å²) in [6.07, 6.45) is 0.844. The van der Waals surface area contributed by atoms with Crippen LogP contribution in [0.1, 0.15) is 17.9 Å². The van der Waals surface area contributed by atoms with Crippen molar-refractivity contribution in [1.29, 1.82) is 0 Å². The molecule has 1 saturated carbocycles. The van der Waals surface area contributed by atoms with E-state index in [-0.39, 0.29) is 17.7 Å². The SMILES string of the molecule is COc1ccc(N(C)C(=O)[C@@H]2C[C@H]2c2ccccc2OC)cc1OC. The van der Waals surface area contributed by atoms with Crippen molar-refractivity contribution in [2.75, 3.05) is 33.3 Å². The molecular weight excluding hydrogens is 318 g/mol. The Bertz CT molecular complexity index is 774. The molecule has 5 nitrogen and oxygen atoms in total. The maximum atomic E-state index is 12.9. The van der Waals surface area contributed by atoms with Crippen LogP contribution in [0, 0.1) is 5.92 Å². The van der Waals surface area contributed by atoms with E-state index in [1.165, 1.54) is 0 Å². The van der Waals surface area contributed by atoms with E-state index in [2.05, 4.69) is 0 Å². The van der Waals surface area contributed by atoms with Gasteiger partial charge >= 0.3 is 0 Å². The number of hydrogen-bond donors (Lipinski definition) is 0. The van der Waals surface area contributed by atoms with E-state index in [0.717, 1.165) is 23.4 Å². The van der Waals surface area contributed by atoms with Crippen molar-refractivity contribution in [3.05, 3.63) is 48.0 Å². The molecule has 5 heteroatoms. The first-order valence-electron chi connectivity index (χ1n) is 8.23. The molecule has 1 amide bonds. The molecule has 0 bridgehead atoms. The molecule has 2 aromatic rings. The summed E-state index contributed by atoms with van der Waals surface area (Å²) in [5, 5.41) is 0. The average molecular weight is 341 g/mol. The molecule has 2 atom stereocenters. The molecular formula is C20H23NO4. The van der Waals surface area contributed by atoms with E-state index in [4.69, 9.17) is 14.2 Å². The fraction of sp³-hybridized carbons (Fsp3) is 0.350. The molecule has 1 aliphatic carbocycles. The summed E-state index contributed by atoms with van der Waals surface area (Å²) in [6.45, 7) is 0. The Morgan fingerprint density at radius 3 is 2.32 bits per heavy atom. The number of nitrogens with zero attached hydrogens (tertiary/aromatic N) is 1. The summed E-state index contributed by atoms with van der Waals surface area (Å²) < 4.78 is 16.0. The van der Waals surface area contributed by atoms with Crippen LogP contribution in [-0.2, 0) is 4.79 Å². The van der Waals surface area contributed by atoms with E-state index in [1.54, 1.807) is 33.3 Å². The number of ether oxygens (including phenoxy) is 3. The maximum Gasteiger partial charge on any atom is 0.230 e. The highest BCUT2D eigenvalue weighted by atomic mass is 16.5. The number of amides is 1. The smallest absolute Gasteiger partial charge is 0.230 e. The van der Waals surface area contributed by atoms with E-state index in [0.29, 0.717) is 11.5 Å². The molecule has 0 unspecified atom stereocenters. The lowest BCUT2D eigenvalue weighted by atomic mass is 10.1. The van der Waals surface area contributed by atoms with Crippen molar-refractivity contribution in [2.45, 2.75) is 12.3 Å². The molecule has 0 radical (unpaired) electrons. The first-order valence-corrected chi connectivity index (χ1v) is 8.23. The van der Waals surface area contributed by atoms with Gasteiger partial charge in [-0.3, -0.25) is 4.79 Å². The van der Waals surface area contributed by atoms with E-state index < -0.39 is 0 Å². The third-order valence-corrected chi connectivity index (χ3v) is 4.73. The van der Waals surface area contributed by atoms with Crippen molar-refractivity contribution in [1.82, 2.24) is 0 Å². The third-order valence-electron chi connectivity index (χ3n) is 4.73. The fourth-order valence-corrected chi connectivity index (χ4v) is 3.19. The van der Waals surface area contributed by atoms with Crippen LogP contribution < -0.4 is 19.1 Å². The van der Waals surface area contributed by atoms with Gasteiger partial charge in [-0.05, 0) is 36.1 Å². The second kappa shape index (κ2) is 7.05. The number of rotatable bonds is 6. The van der Waals surface area contributed by atoms with Crippen LogP contribution in [0.25, 0.3) is 0 Å². The van der Waals surface area contributed by atoms with Gasteiger partial charge in [0.25, 0.3) is 0 Å². The van der Waals surface area contributed by atoms with Gasteiger partial charge in [-0.2, -0.15) is 0 Å². The standard InChI is InChI=1S/C20H23NO4/c1-21(13-9-10-18(24-3)19(11-13)25-4)20(22)16-12-15(16)14-7-5-6-8-17(14)23-2/h5-11,15-16H,12H2,1-4H3/t15-,16+/m0/s1. The summed E-state index contributed by atoms with van der Waals surface area (Å²) in [7, 11) is 6.63. The molecule has 0 aliphatic heterocycles. The average Bonchev–Trinajstić information content (AvgIpc) is 3.46. The number of anilines is 1. The molecule has 0 heterocycles. The van der Waals surface area contributed by atoms with Crippen LogP contribution >= 0.6 is 0 Å². The van der Waals surface area contributed by atoms with Gasteiger partial charge in [0, 0.05) is 24.7 Å². The summed E-state index contributed by atoms with van der Waals surface area (Å²) in [6, 6.07) is 13.4. The summed E-state index contributed by atoms with van der Waals surface area (Å²) in [5.74, 6) is 2.39. The lowest BCUT2D eigenvalue weighted by Gasteiger charge is -2.19. The van der Waals surface area contributed by atoms with E-state index >= 15 is 0 Å². The molecule has 2 aromatic carbocycles. The highest BCUT2D eigenvalue weighted by Gasteiger charge is 2.46. The van der Waals surface area contributed by atoms with Crippen LogP contribution in [-0.4, -0.2) is 34.3 Å². The minimum Gasteiger partial charge on any atom is -0.496 e. The quantitative estimate of drug-likeness (QED) is 0.807. The summed E-state index contributed by atoms with van der Waals surface area (Å²) >= 11 is 0. The monoisotopic (exact) mass is 341 g/mol. The van der Waals surface area contributed by atoms with Crippen LogP contribution in [0.2, 0.25) is 0 Å². The van der Waals surface area contributed by atoms with Gasteiger partial charge < -0.3 is 19.1 Å². The zero-order valence-electron chi connectivity index (χ0n) is 15.0. The largest absolute Gasteiger partial charge is 0.496 e. The summed E-state index contributed by atoms with van der Waals surface area (Å²) in [5.41, 5.74) is 1.89. The highest BCUT2D eigenvalue weighted by molar-refractivity contribution is 5.97. The minimum absolute atomic E-state index is 0.0191. The van der Waals surface area contributed by atoms with E-state index in [9.17, 15) is 4.79 Å². The van der Waals surface area contributed by atoms with Gasteiger partial charge in [-0.25, -0.2) is 0 Å². The third kappa shape index (κ3) is 3.27. The Labute approximate surface area is 148 Å². The number of benzene rings is 2. The number of hydrogen-bond acceptors (Lipinski definition) is 4. The van der Waals surface area contributed by atoms with Crippen molar-refractivity contribution < 1.29 is 19.0 Å². The molecule has 0 spiro atoms. The number of carbonyl (C=O) groups is 1. The molecule has 0 aromatic heterocycles. The van der Waals surface area contributed by atoms with Crippen molar-refractivity contribution >= 4 is 11.6 Å². The number of methoxy groups -OCH3 is 3. The second-order valence-electron chi connectivity index (χ2n) is 6.13. The van der Waals surface area contributed by atoms with Gasteiger partial charge in [0.05, 0.1) is 21.3 Å². The highest BCUT2D eigenvalue weighted by Crippen LogP contribution is 2.51. The fourth-order valence-electron chi connectivity index (χ4n) is 3.19. The second-order valence-corrected chi connectivity index (χ2v) is 6.13. The lowest BCUT2D eigenvalue weighted by Crippen LogP contribution is -2.28. The molecule has 25 heavy (non-hydrogen) atoms. The Kier molecular flexibility index (Phi) is 4.83. The van der Waals surface area contributed by atoms with Crippen molar-refractivity contribution in [2.24, 2.45) is 5.92 Å². The topological polar surface area (TPSA) is 48.0 Å². The molecule has 1 fully saturated rings. The van der Waals surface area contributed by atoms with Gasteiger partial charge in [0.15, 0.2) is 11.5 Å². The van der Waals surface area contributed by atoms with Gasteiger partial charge in [0.1, 0.15) is 5.75 Å². The van der Waals surface area contributed by atoms with Gasteiger partial charge in [0.2, 0.25) is 5.91 Å². The normalized spacial score (nSPS) is 18.4. The van der Waals surface area contributed by atoms with E-state index in [1.807, 2.05) is 42.5 Å². The predicted molar refractivity (Wildman–Crippen MR) is 96.8 cm³/mol. The molecule has 0 N–H and O–H groups in total. The minimum atomic E-state index is -0.0191. The van der Waals surface area contributed by atoms with Gasteiger partial charge in [-0.15, -0.1) is 0 Å². The first-order chi connectivity index (χ1) is 12.1. The number of carbonyl (C=O) groups excluding carboxylic acids is 1. The molecule has 0 saturated heterocycles. The Morgan fingerprint density at radius 2 is 1.64 bits per heavy atom. The maximum absolute atomic E-state index is 12.9. The van der Waals surface area contributed by atoms with Crippen molar-refractivity contribution in [3.63, 3.8) is 0 Å². The molecule has 1 aliphatic rings. The lowest BCUT2D eigenvalue weighted by molar-refractivity contribution is -0.119. The molecule has 132 valence electrons. The van der Waals surface area contributed by atoms with Gasteiger partial charge in [-0.1, -0.05) is 18.2 Å². The zero-order chi connectivity index (χ0) is 18.0. The van der Waals surface area contributed by atoms with Crippen molar-refractivity contribution in [3.8, 4) is 17.2 Å². The van der Waals surface area contributed by atoms with Crippen LogP contribution in [0.3, 0.4) is 0 Å². The van der Waals surface area contributed by atoms with Crippen LogP contribution in [0.4, 0.5) is 5.69 Å². The first kappa shape index (κ1) is 17.1. The Morgan fingerprint density at radius 1 is 0.960 bits per heavy atom. The molecule has 3 rings (SSSR count). The summed E-state index contributed by atoms with van der Waals surface area (Å²) in [4.78, 5) is 14.5. The Balaban J connectivity index is 1.76.